The van der Waals surface area contributed by atoms with Gasteiger partial charge in [0, 0.05) is 6.54 Å². The van der Waals surface area contributed by atoms with Crippen molar-refractivity contribution in [1.82, 2.24) is 5.32 Å². The van der Waals surface area contributed by atoms with E-state index in [0.29, 0.717) is 17.7 Å². The Kier molecular flexibility index (Phi) is 4.00. The highest BCUT2D eigenvalue weighted by atomic mass is 32.2. The number of nitriles is 1. The van der Waals surface area contributed by atoms with Crippen LogP contribution in [-0.2, 0) is 15.6 Å². The molecule has 1 aliphatic heterocycles. The summed E-state index contributed by atoms with van der Waals surface area (Å²) in [5, 5.41) is 11.6. The maximum Gasteiger partial charge on any atom is 0.158 e. The van der Waals surface area contributed by atoms with Gasteiger partial charge >= 0.3 is 0 Å². The molecule has 1 aromatic carbocycles. The van der Waals surface area contributed by atoms with Crippen molar-refractivity contribution in [1.29, 1.82) is 5.26 Å². The number of benzene rings is 1. The summed E-state index contributed by atoms with van der Waals surface area (Å²) in [6.45, 7) is 1.44. The fraction of sp³-hybridized carbons (Fsp3) is 0.462. The van der Waals surface area contributed by atoms with Gasteiger partial charge in [-0.25, -0.2) is 8.42 Å². The number of nitrogens with one attached hydrogen (secondary N) is 1. The quantitative estimate of drug-likeness (QED) is 0.891. The van der Waals surface area contributed by atoms with Crippen LogP contribution in [0.1, 0.15) is 24.0 Å². The average molecular weight is 264 g/mol. The van der Waals surface area contributed by atoms with E-state index in [9.17, 15) is 8.42 Å². The smallest absolute Gasteiger partial charge is 0.158 e. The minimum Gasteiger partial charge on any atom is -0.315 e. The van der Waals surface area contributed by atoms with E-state index in [4.69, 9.17) is 5.26 Å². The van der Waals surface area contributed by atoms with Crippen molar-refractivity contribution in [3.05, 3.63) is 35.4 Å². The minimum atomic E-state index is -3.13. The highest BCUT2D eigenvalue weighted by molar-refractivity contribution is 7.91. The first-order valence-electron chi connectivity index (χ1n) is 6.03. The molecule has 18 heavy (non-hydrogen) atoms. The van der Waals surface area contributed by atoms with Gasteiger partial charge in [0.2, 0.25) is 0 Å². The van der Waals surface area contributed by atoms with Gasteiger partial charge in [-0.3, -0.25) is 0 Å². The summed E-state index contributed by atoms with van der Waals surface area (Å²) in [5.41, 5.74) is 1.20. The Hall–Kier alpha value is -1.38. The molecule has 2 rings (SSSR count). The predicted molar refractivity (Wildman–Crippen MR) is 69.7 cm³/mol. The van der Waals surface area contributed by atoms with Crippen LogP contribution < -0.4 is 5.32 Å². The summed E-state index contributed by atoms with van der Waals surface area (Å²) in [4.78, 5) is 0. The molecule has 0 radical (unpaired) electrons. The summed E-state index contributed by atoms with van der Waals surface area (Å²) in [5.74, 6) is 0.0227. The topological polar surface area (TPSA) is 70.0 Å². The molecule has 0 saturated carbocycles. The molecule has 1 aromatic rings. The van der Waals surface area contributed by atoms with Crippen LogP contribution in [0.25, 0.3) is 0 Å². The van der Waals surface area contributed by atoms with E-state index in [-0.39, 0.29) is 11.0 Å². The largest absolute Gasteiger partial charge is 0.315 e. The van der Waals surface area contributed by atoms with E-state index in [1.54, 1.807) is 24.3 Å². The molecule has 1 heterocycles. The molecule has 0 amide bonds. The molecule has 1 unspecified atom stereocenters. The van der Waals surface area contributed by atoms with Crippen LogP contribution in [0.5, 0.6) is 0 Å². The van der Waals surface area contributed by atoms with Gasteiger partial charge in [0.25, 0.3) is 0 Å². The molecule has 1 aliphatic rings. The lowest BCUT2D eigenvalue weighted by molar-refractivity contribution is 0.496. The molecule has 1 saturated heterocycles. The maximum atomic E-state index is 12.2. The Bertz CT molecular complexity index is 555. The fourth-order valence-corrected chi connectivity index (χ4v) is 3.98. The van der Waals surface area contributed by atoms with Crippen molar-refractivity contribution in [3.8, 4) is 6.07 Å². The maximum absolute atomic E-state index is 12.2. The molecular formula is C13H16N2O2S. The summed E-state index contributed by atoms with van der Waals surface area (Å²) in [6.07, 6.45) is 1.63. The number of hydrogen-bond donors (Lipinski definition) is 1. The van der Waals surface area contributed by atoms with Crippen molar-refractivity contribution in [2.75, 3.05) is 13.1 Å². The van der Waals surface area contributed by atoms with Crippen LogP contribution in [0.15, 0.2) is 24.3 Å². The Morgan fingerprint density at radius 1 is 1.44 bits per heavy atom. The first kappa shape index (κ1) is 13.1. The van der Waals surface area contributed by atoms with Gasteiger partial charge < -0.3 is 5.32 Å². The van der Waals surface area contributed by atoms with E-state index >= 15 is 0 Å². The van der Waals surface area contributed by atoms with E-state index in [1.165, 1.54) is 0 Å². The van der Waals surface area contributed by atoms with E-state index < -0.39 is 9.84 Å². The zero-order valence-corrected chi connectivity index (χ0v) is 10.9. The van der Waals surface area contributed by atoms with Gasteiger partial charge in [0.15, 0.2) is 9.84 Å². The third kappa shape index (κ3) is 3.09. The third-order valence-electron chi connectivity index (χ3n) is 3.18. The van der Waals surface area contributed by atoms with Gasteiger partial charge in [-0.1, -0.05) is 12.1 Å². The highest BCUT2D eigenvalue weighted by Crippen LogP contribution is 2.17. The van der Waals surface area contributed by atoms with Crippen LogP contribution in [0.3, 0.4) is 0 Å². The summed E-state index contributed by atoms with van der Waals surface area (Å²) >= 11 is 0. The van der Waals surface area contributed by atoms with E-state index in [1.807, 2.05) is 6.07 Å². The van der Waals surface area contributed by atoms with E-state index in [2.05, 4.69) is 5.32 Å². The number of hydrogen-bond acceptors (Lipinski definition) is 4. The standard InChI is InChI=1S/C13H16N2O2S/c14-8-11-3-1-4-12(7-11)10-18(16,17)13-5-2-6-15-9-13/h1,3-4,7,13,15H,2,5-6,9-10H2. The van der Waals surface area contributed by atoms with Crippen molar-refractivity contribution in [2.45, 2.75) is 23.8 Å². The molecule has 0 bridgehead atoms. The number of piperidine rings is 1. The Morgan fingerprint density at radius 3 is 2.94 bits per heavy atom. The lowest BCUT2D eigenvalue weighted by Gasteiger charge is -2.22. The predicted octanol–water partition coefficient (Wildman–Crippen LogP) is 1.23. The second kappa shape index (κ2) is 5.51. The summed E-state index contributed by atoms with van der Waals surface area (Å²) in [7, 11) is -3.13. The van der Waals surface area contributed by atoms with Crippen LogP contribution >= 0.6 is 0 Å². The van der Waals surface area contributed by atoms with Crippen LogP contribution in [0.4, 0.5) is 0 Å². The zero-order chi connectivity index (χ0) is 13.0. The molecule has 4 nitrogen and oxygen atoms in total. The van der Waals surface area contributed by atoms with E-state index in [0.717, 1.165) is 19.4 Å². The molecule has 1 atom stereocenters. The molecule has 96 valence electrons. The second-order valence-electron chi connectivity index (χ2n) is 4.59. The lowest BCUT2D eigenvalue weighted by atomic mass is 10.1. The van der Waals surface area contributed by atoms with Gasteiger partial charge in [-0.15, -0.1) is 0 Å². The van der Waals surface area contributed by atoms with Gasteiger partial charge in [0.1, 0.15) is 0 Å². The molecule has 1 N–H and O–H groups in total. The first-order chi connectivity index (χ1) is 8.62. The minimum absolute atomic E-state index is 0.0227. The number of sulfone groups is 1. The lowest BCUT2D eigenvalue weighted by Crippen LogP contribution is -2.39. The Morgan fingerprint density at radius 2 is 2.28 bits per heavy atom. The normalized spacial score (nSPS) is 20.3. The van der Waals surface area contributed by atoms with Crippen molar-refractivity contribution >= 4 is 9.84 Å². The fourth-order valence-electron chi connectivity index (χ4n) is 2.21. The van der Waals surface area contributed by atoms with Crippen LogP contribution in [0, 0.1) is 11.3 Å². The summed E-state index contributed by atoms with van der Waals surface area (Å²) < 4.78 is 24.5. The third-order valence-corrected chi connectivity index (χ3v) is 5.34. The van der Waals surface area contributed by atoms with Crippen molar-refractivity contribution in [2.24, 2.45) is 0 Å². The highest BCUT2D eigenvalue weighted by Gasteiger charge is 2.27. The first-order valence-corrected chi connectivity index (χ1v) is 7.75. The zero-order valence-electron chi connectivity index (χ0n) is 10.1. The molecule has 0 aliphatic carbocycles. The second-order valence-corrected chi connectivity index (χ2v) is 6.87. The Balaban J connectivity index is 2.14. The van der Waals surface area contributed by atoms with Crippen molar-refractivity contribution < 1.29 is 8.42 Å². The van der Waals surface area contributed by atoms with Gasteiger partial charge in [0.05, 0.1) is 22.6 Å². The van der Waals surface area contributed by atoms with Crippen LogP contribution in [0.2, 0.25) is 0 Å². The molecular weight excluding hydrogens is 248 g/mol. The molecule has 0 aromatic heterocycles. The molecule has 5 heteroatoms. The van der Waals surface area contributed by atoms with Gasteiger partial charge in [-0.05, 0) is 37.1 Å². The molecule has 0 spiro atoms. The molecule has 1 fully saturated rings. The van der Waals surface area contributed by atoms with Crippen molar-refractivity contribution in [3.63, 3.8) is 0 Å². The Labute approximate surface area is 108 Å². The SMILES string of the molecule is N#Cc1cccc(CS(=O)(=O)C2CCCNC2)c1. The summed E-state index contributed by atoms with van der Waals surface area (Å²) in [6, 6.07) is 8.83. The number of rotatable bonds is 3. The monoisotopic (exact) mass is 264 g/mol. The average Bonchev–Trinajstić information content (AvgIpc) is 2.39. The number of nitrogens with zero attached hydrogens (tertiary/aromatic N) is 1. The van der Waals surface area contributed by atoms with Crippen LogP contribution in [-0.4, -0.2) is 26.8 Å². The van der Waals surface area contributed by atoms with Gasteiger partial charge in [-0.2, -0.15) is 5.26 Å².